The van der Waals surface area contributed by atoms with E-state index in [0.29, 0.717) is 0 Å². The van der Waals surface area contributed by atoms with Crippen LogP contribution in [-0.4, -0.2) is 26.0 Å². The van der Waals surface area contributed by atoms with Crippen molar-refractivity contribution in [3.05, 3.63) is 35.0 Å². The maximum Gasteiger partial charge on any atom is 0.356 e. The van der Waals surface area contributed by atoms with Crippen LogP contribution >= 0.6 is 0 Å². The van der Waals surface area contributed by atoms with E-state index in [2.05, 4.69) is 5.10 Å². The second kappa shape index (κ2) is 4.18. The Morgan fingerprint density at radius 1 is 1.22 bits per heavy atom. The van der Waals surface area contributed by atoms with Crippen molar-refractivity contribution >= 4 is 5.97 Å². The zero-order chi connectivity index (χ0) is 13.4. The van der Waals surface area contributed by atoms with Gasteiger partial charge in [0.25, 0.3) is 0 Å². The van der Waals surface area contributed by atoms with E-state index in [1.807, 2.05) is 13.8 Å². The Morgan fingerprint density at radius 2 is 1.78 bits per heavy atom. The first-order chi connectivity index (χ1) is 8.40. The molecule has 2 aromatic rings. The average Bonchev–Trinajstić information content (AvgIpc) is 2.59. The summed E-state index contributed by atoms with van der Waals surface area (Å²) in [6.45, 7) is 3.74. The summed E-state index contributed by atoms with van der Waals surface area (Å²) in [5.74, 6) is -0.847. The van der Waals surface area contributed by atoms with Crippen molar-refractivity contribution in [3.63, 3.8) is 0 Å². The number of hydrogen-bond donors (Lipinski definition) is 2. The summed E-state index contributed by atoms with van der Waals surface area (Å²) in [5, 5.41) is 22.4. The minimum atomic E-state index is -1.05. The van der Waals surface area contributed by atoms with Crippen LogP contribution in [0.1, 0.15) is 21.6 Å². The van der Waals surface area contributed by atoms with Gasteiger partial charge in [0.1, 0.15) is 5.75 Å². The SMILES string of the molecule is Cc1cc(O)cc(C)c1-c1cc(C(=O)O)nn1C. The highest BCUT2D eigenvalue weighted by Crippen LogP contribution is 2.30. The van der Waals surface area contributed by atoms with Crippen molar-refractivity contribution in [1.82, 2.24) is 9.78 Å². The van der Waals surface area contributed by atoms with E-state index < -0.39 is 5.97 Å². The van der Waals surface area contributed by atoms with Gasteiger partial charge in [-0.25, -0.2) is 4.79 Å². The monoisotopic (exact) mass is 246 g/mol. The first-order valence-corrected chi connectivity index (χ1v) is 5.48. The molecule has 0 saturated heterocycles. The third-order valence-electron chi connectivity index (χ3n) is 2.87. The smallest absolute Gasteiger partial charge is 0.356 e. The number of carbonyl (C=O) groups is 1. The number of aromatic carboxylic acids is 1. The summed E-state index contributed by atoms with van der Waals surface area (Å²) < 4.78 is 1.54. The van der Waals surface area contributed by atoms with Crippen LogP contribution in [0, 0.1) is 13.8 Å². The third kappa shape index (κ3) is 1.95. The van der Waals surface area contributed by atoms with Gasteiger partial charge in [0.05, 0.1) is 5.69 Å². The summed E-state index contributed by atoms with van der Waals surface area (Å²) in [5.41, 5.74) is 3.40. The first-order valence-electron chi connectivity index (χ1n) is 5.48. The van der Waals surface area contributed by atoms with Crippen LogP contribution in [0.25, 0.3) is 11.3 Å². The zero-order valence-corrected chi connectivity index (χ0v) is 10.4. The normalized spacial score (nSPS) is 10.6. The Hall–Kier alpha value is -2.30. The molecule has 0 aliphatic carbocycles. The van der Waals surface area contributed by atoms with Gasteiger partial charge in [-0.2, -0.15) is 5.10 Å². The van der Waals surface area contributed by atoms with Crippen LogP contribution < -0.4 is 0 Å². The van der Waals surface area contributed by atoms with Gasteiger partial charge in [-0.05, 0) is 43.2 Å². The molecule has 0 fully saturated rings. The summed E-state index contributed by atoms with van der Waals surface area (Å²) in [4.78, 5) is 10.9. The molecule has 94 valence electrons. The molecule has 0 unspecified atom stereocenters. The molecule has 0 saturated carbocycles. The van der Waals surface area contributed by atoms with Gasteiger partial charge in [0.2, 0.25) is 0 Å². The number of aromatic nitrogens is 2. The van der Waals surface area contributed by atoms with Gasteiger partial charge in [0.15, 0.2) is 5.69 Å². The Morgan fingerprint density at radius 3 is 2.22 bits per heavy atom. The predicted octanol–water partition coefficient (Wildman–Crippen LogP) is 2.11. The largest absolute Gasteiger partial charge is 0.508 e. The quantitative estimate of drug-likeness (QED) is 0.851. The van der Waals surface area contributed by atoms with Gasteiger partial charge in [-0.1, -0.05) is 0 Å². The molecule has 0 radical (unpaired) electrons. The average molecular weight is 246 g/mol. The maximum absolute atomic E-state index is 10.9. The molecule has 0 atom stereocenters. The summed E-state index contributed by atoms with van der Waals surface area (Å²) in [6.07, 6.45) is 0. The Balaban J connectivity index is 2.66. The summed E-state index contributed by atoms with van der Waals surface area (Å²) >= 11 is 0. The molecule has 0 aliphatic heterocycles. The van der Waals surface area contributed by atoms with Crippen LogP contribution in [-0.2, 0) is 7.05 Å². The van der Waals surface area contributed by atoms with Crippen molar-refractivity contribution in [2.24, 2.45) is 7.05 Å². The molecule has 5 heteroatoms. The van der Waals surface area contributed by atoms with Crippen molar-refractivity contribution in [1.29, 1.82) is 0 Å². The molecule has 1 heterocycles. The molecule has 0 aliphatic rings. The standard InChI is InChI=1S/C13H14N2O3/c1-7-4-9(16)5-8(2)12(7)11-6-10(13(17)18)14-15(11)3/h4-6,16H,1-3H3,(H,17,18). The van der Waals surface area contributed by atoms with E-state index in [-0.39, 0.29) is 11.4 Å². The number of phenols is 1. The van der Waals surface area contributed by atoms with E-state index in [0.717, 1.165) is 22.4 Å². The van der Waals surface area contributed by atoms with Gasteiger partial charge < -0.3 is 10.2 Å². The number of carboxylic acid groups (broad SMARTS) is 1. The van der Waals surface area contributed by atoms with Gasteiger partial charge in [-0.3, -0.25) is 4.68 Å². The molecule has 1 aromatic carbocycles. The lowest BCUT2D eigenvalue weighted by Gasteiger charge is -2.10. The molecule has 18 heavy (non-hydrogen) atoms. The number of carboxylic acids is 1. The van der Waals surface area contributed by atoms with Crippen molar-refractivity contribution in [2.45, 2.75) is 13.8 Å². The topological polar surface area (TPSA) is 75.3 Å². The molecular weight excluding hydrogens is 232 g/mol. The lowest BCUT2D eigenvalue weighted by Crippen LogP contribution is -2.00. The van der Waals surface area contributed by atoms with Crippen LogP contribution in [0.15, 0.2) is 18.2 Å². The summed E-state index contributed by atoms with van der Waals surface area (Å²) in [7, 11) is 1.70. The fourth-order valence-corrected chi connectivity index (χ4v) is 2.15. The molecule has 0 spiro atoms. The van der Waals surface area contributed by atoms with Crippen LogP contribution in [0.4, 0.5) is 0 Å². The van der Waals surface area contributed by atoms with E-state index in [1.165, 1.54) is 10.7 Å². The number of nitrogens with zero attached hydrogens (tertiary/aromatic N) is 2. The molecule has 5 nitrogen and oxygen atoms in total. The molecule has 1 aromatic heterocycles. The lowest BCUT2D eigenvalue weighted by atomic mass is 9.99. The third-order valence-corrected chi connectivity index (χ3v) is 2.87. The maximum atomic E-state index is 10.9. The van der Waals surface area contributed by atoms with Crippen molar-refractivity contribution < 1.29 is 15.0 Å². The van der Waals surface area contributed by atoms with Gasteiger partial charge in [-0.15, -0.1) is 0 Å². The fraction of sp³-hybridized carbons (Fsp3) is 0.231. The molecule has 2 N–H and O–H groups in total. The molecule has 2 rings (SSSR count). The fourth-order valence-electron chi connectivity index (χ4n) is 2.15. The minimum absolute atomic E-state index is 0.0133. The molecular formula is C13H14N2O3. The Labute approximate surface area is 104 Å². The van der Waals surface area contributed by atoms with Gasteiger partial charge in [0, 0.05) is 12.6 Å². The second-order valence-electron chi connectivity index (χ2n) is 4.30. The first kappa shape index (κ1) is 12.2. The Kier molecular flexibility index (Phi) is 2.82. The van der Waals surface area contributed by atoms with Crippen LogP contribution in [0.5, 0.6) is 5.75 Å². The van der Waals surface area contributed by atoms with Crippen LogP contribution in [0.2, 0.25) is 0 Å². The predicted molar refractivity (Wildman–Crippen MR) is 66.7 cm³/mol. The van der Waals surface area contributed by atoms with E-state index in [4.69, 9.17) is 5.11 Å². The number of hydrogen-bond acceptors (Lipinski definition) is 3. The van der Waals surface area contributed by atoms with Crippen molar-refractivity contribution in [3.8, 4) is 17.0 Å². The van der Waals surface area contributed by atoms with E-state index in [9.17, 15) is 9.90 Å². The molecule has 0 amide bonds. The van der Waals surface area contributed by atoms with Gasteiger partial charge >= 0.3 is 5.97 Å². The highest BCUT2D eigenvalue weighted by Gasteiger charge is 2.16. The summed E-state index contributed by atoms with van der Waals surface area (Å²) in [6, 6.07) is 4.83. The van der Waals surface area contributed by atoms with E-state index >= 15 is 0 Å². The lowest BCUT2D eigenvalue weighted by molar-refractivity contribution is 0.0689. The number of benzene rings is 1. The highest BCUT2D eigenvalue weighted by molar-refractivity contribution is 5.87. The highest BCUT2D eigenvalue weighted by atomic mass is 16.4. The molecule has 0 bridgehead atoms. The van der Waals surface area contributed by atoms with Crippen LogP contribution in [0.3, 0.4) is 0 Å². The van der Waals surface area contributed by atoms with Crippen molar-refractivity contribution in [2.75, 3.05) is 0 Å². The zero-order valence-electron chi connectivity index (χ0n) is 10.4. The number of aromatic hydroxyl groups is 1. The number of phenolic OH excluding ortho intramolecular Hbond substituents is 1. The number of aryl methyl sites for hydroxylation is 3. The van der Waals surface area contributed by atoms with E-state index in [1.54, 1.807) is 19.2 Å². The minimum Gasteiger partial charge on any atom is -0.508 e. The Bertz CT molecular complexity index is 606. The second-order valence-corrected chi connectivity index (χ2v) is 4.30. The number of rotatable bonds is 2.